The smallest absolute Gasteiger partial charge is 0.348 e. The zero-order valence-electron chi connectivity index (χ0n) is 18.2. The number of carbonyl (C=O) groups is 1. The molecule has 1 saturated heterocycles. The molecule has 3 heterocycles. The molecular formula is C23H28N4O3S. The Hall–Kier alpha value is -2.55. The Morgan fingerprint density at radius 1 is 1.35 bits per heavy atom. The SMILES string of the molecule is CCOC(=O)c1sc2ncnc(NCc3cccc(CN4CCOC(C)C4)c3)c2c1C. The maximum absolute atomic E-state index is 12.3. The van der Waals surface area contributed by atoms with E-state index in [0.717, 1.165) is 47.8 Å². The van der Waals surface area contributed by atoms with Gasteiger partial charge in [-0.1, -0.05) is 24.3 Å². The first-order valence-corrected chi connectivity index (χ1v) is 11.4. The third-order valence-corrected chi connectivity index (χ3v) is 6.55. The Kier molecular flexibility index (Phi) is 6.80. The van der Waals surface area contributed by atoms with Gasteiger partial charge in [0.25, 0.3) is 0 Å². The van der Waals surface area contributed by atoms with Crippen molar-refractivity contribution in [3.05, 3.63) is 52.2 Å². The molecule has 0 aliphatic carbocycles. The van der Waals surface area contributed by atoms with Crippen LogP contribution in [-0.2, 0) is 22.6 Å². The highest BCUT2D eigenvalue weighted by molar-refractivity contribution is 7.20. The number of aryl methyl sites for hydroxylation is 1. The molecule has 0 bridgehead atoms. The summed E-state index contributed by atoms with van der Waals surface area (Å²) in [5.41, 5.74) is 3.33. The van der Waals surface area contributed by atoms with E-state index >= 15 is 0 Å². The number of anilines is 1. The number of morpholine rings is 1. The van der Waals surface area contributed by atoms with Crippen LogP contribution >= 0.6 is 11.3 Å². The second kappa shape index (κ2) is 9.72. The fraction of sp³-hybridized carbons (Fsp3) is 0.435. The Morgan fingerprint density at radius 2 is 2.19 bits per heavy atom. The van der Waals surface area contributed by atoms with Crippen LogP contribution in [0, 0.1) is 6.92 Å². The molecule has 0 saturated carbocycles. The largest absolute Gasteiger partial charge is 0.462 e. The molecular weight excluding hydrogens is 412 g/mol. The van der Waals surface area contributed by atoms with Gasteiger partial charge in [-0.25, -0.2) is 14.8 Å². The number of nitrogens with zero attached hydrogens (tertiary/aromatic N) is 3. The van der Waals surface area contributed by atoms with Crippen molar-refractivity contribution in [1.29, 1.82) is 0 Å². The average Bonchev–Trinajstić information content (AvgIpc) is 3.10. The number of thiophene rings is 1. The monoisotopic (exact) mass is 440 g/mol. The zero-order chi connectivity index (χ0) is 21.8. The number of carbonyl (C=O) groups excluding carboxylic acids is 1. The first-order chi connectivity index (χ1) is 15.0. The quantitative estimate of drug-likeness (QED) is 0.556. The Labute approximate surface area is 186 Å². The minimum Gasteiger partial charge on any atom is -0.462 e. The molecule has 0 radical (unpaired) electrons. The molecule has 2 aromatic heterocycles. The molecule has 1 atom stereocenters. The van der Waals surface area contributed by atoms with Crippen molar-refractivity contribution in [2.24, 2.45) is 0 Å². The molecule has 0 amide bonds. The molecule has 4 rings (SSSR count). The van der Waals surface area contributed by atoms with Gasteiger partial charge >= 0.3 is 5.97 Å². The normalized spacial score (nSPS) is 17.1. The van der Waals surface area contributed by atoms with Crippen molar-refractivity contribution in [1.82, 2.24) is 14.9 Å². The lowest BCUT2D eigenvalue weighted by molar-refractivity contribution is -0.0212. The predicted molar refractivity (Wildman–Crippen MR) is 123 cm³/mol. The van der Waals surface area contributed by atoms with Gasteiger partial charge in [0.1, 0.15) is 21.9 Å². The van der Waals surface area contributed by atoms with E-state index < -0.39 is 0 Å². The second-order valence-corrected chi connectivity index (χ2v) is 8.77. The van der Waals surface area contributed by atoms with Gasteiger partial charge in [-0.2, -0.15) is 0 Å². The zero-order valence-corrected chi connectivity index (χ0v) is 19.0. The summed E-state index contributed by atoms with van der Waals surface area (Å²) in [6, 6.07) is 8.61. The lowest BCUT2D eigenvalue weighted by Gasteiger charge is -2.31. The highest BCUT2D eigenvalue weighted by Crippen LogP contribution is 2.33. The van der Waals surface area contributed by atoms with Gasteiger partial charge in [-0.15, -0.1) is 11.3 Å². The maximum Gasteiger partial charge on any atom is 0.348 e. The van der Waals surface area contributed by atoms with Crippen LogP contribution < -0.4 is 5.32 Å². The number of benzene rings is 1. The topological polar surface area (TPSA) is 76.6 Å². The molecule has 31 heavy (non-hydrogen) atoms. The van der Waals surface area contributed by atoms with Gasteiger partial charge in [0.05, 0.1) is 24.7 Å². The molecule has 1 fully saturated rings. The van der Waals surface area contributed by atoms with Crippen LogP contribution in [0.1, 0.15) is 40.2 Å². The lowest BCUT2D eigenvalue weighted by atomic mass is 10.1. The molecule has 1 aliphatic heterocycles. The van der Waals surface area contributed by atoms with Crippen LogP contribution in [-0.4, -0.2) is 53.2 Å². The van der Waals surface area contributed by atoms with Crippen molar-refractivity contribution in [3.63, 3.8) is 0 Å². The summed E-state index contributed by atoms with van der Waals surface area (Å²) >= 11 is 1.35. The summed E-state index contributed by atoms with van der Waals surface area (Å²) in [5, 5.41) is 4.32. The first-order valence-electron chi connectivity index (χ1n) is 10.6. The average molecular weight is 441 g/mol. The van der Waals surface area contributed by atoms with E-state index in [-0.39, 0.29) is 12.1 Å². The number of fused-ring (bicyclic) bond motifs is 1. The van der Waals surface area contributed by atoms with Gasteiger partial charge in [0, 0.05) is 26.2 Å². The van der Waals surface area contributed by atoms with Crippen LogP contribution in [0.5, 0.6) is 0 Å². The van der Waals surface area contributed by atoms with Crippen LogP contribution in [0.2, 0.25) is 0 Å². The Morgan fingerprint density at radius 3 is 3.00 bits per heavy atom. The number of hydrogen-bond donors (Lipinski definition) is 1. The summed E-state index contributed by atoms with van der Waals surface area (Å²) < 4.78 is 10.8. The van der Waals surface area contributed by atoms with Gasteiger partial charge < -0.3 is 14.8 Å². The summed E-state index contributed by atoms with van der Waals surface area (Å²) in [7, 11) is 0. The van der Waals surface area contributed by atoms with Crippen molar-refractivity contribution in [3.8, 4) is 0 Å². The van der Waals surface area contributed by atoms with Gasteiger partial charge in [0.2, 0.25) is 0 Å². The van der Waals surface area contributed by atoms with Crippen LogP contribution in [0.25, 0.3) is 10.2 Å². The van der Waals surface area contributed by atoms with Crippen LogP contribution in [0.3, 0.4) is 0 Å². The number of nitrogens with one attached hydrogen (secondary N) is 1. The highest BCUT2D eigenvalue weighted by atomic mass is 32.1. The third kappa shape index (κ3) is 5.03. The fourth-order valence-corrected chi connectivity index (χ4v) is 4.96. The Balaban J connectivity index is 1.48. The summed E-state index contributed by atoms with van der Waals surface area (Å²) in [4.78, 5) is 24.8. The second-order valence-electron chi connectivity index (χ2n) is 7.77. The van der Waals surface area contributed by atoms with Crippen molar-refractivity contribution in [2.75, 3.05) is 31.6 Å². The minimum absolute atomic E-state index is 0.284. The first kappa shape index (κ1) is 21.7. The lowest BCUT2D eigenvalue weighted by Crippen LogP contribution is -2.40. The molecule has 3 aromatic rings. The van der Waals surface area contributed by atoms with Crippen LogP contribution in [0.4, 0.5) is 5.82 Å². The molecule has 1 N–H and O–H groups in total. The number of esters is 1. The summed E-state index contributed by atoms with van der Waals surface area (Å²) in [6.45, 7) is 10.5. The Bertz CT molecular complexity index is 1070. The molecule has 164 valence electrons. The highest BCUT2D eigenvalue weighted by Gasteiger charge is 2.20. The molecule has 1 aliphatic rings. The van der Waals surface area contributed by atoms with Gasteiger partial charge in [0.15, 0.2) is 0 Å². The van der Waals surface area contributed by atoms with E-state index in [1.807, 2.05) is 6.92 Å². The number of hydrogen-bond acceptors (Lipinski definition) is 8. The predicted octanol–water partition coefficient (Wildman–Crippen LogP) is 4.01. The number of rotatable bonds is 7. The number of aromatic nitrogens is 2. The van der Waals surface area contributed by atoms with Gasteiger partial charge in [-0.3, -0.25) is 4.90 Å². The summed E-state index contributed by atoms with van der Waals surface area (Å²) in [5.74, 6) is 0.431. The number of ether oxygens (including phenoxy) is 2. The van der Waals surface area contributed by atoms with Crippen LogP contribution in [0.15, 0.2) is 30.6 Å². The molecule has 1 unspecified atom stereocenters. The molecule has 8 heteroatoms. The van der Waals surface area contributed by atoms with E-state index in [4.69, 9.17) is 9.47 Å². The van der Waals surface area contributed by atoms with Crippen molar-refractivity contribution < 1.29 is 14.3 Å². The maximum atomic E-state index is 12.3. The van der Waals surface area contributed by atoms with Crippen molar-refractivity contribution in [2.45, 2.75) is 40.0 Å². The van der Waals surface area contributed by atoms with Crippen molar-refractivity contribution >= 4 is 33.3 Å². The standard InChI is InChI=1S/C23H28N4O3S/c1-4-29-23(28)20-16(3)19-21(25-14-26-22(19)31-20)24-11-17-6-5-7-18(10-17)13-27-8-9-30-15(2)12-27/h5-7,10,14-15H,4,8-9,11-13H2,1-3H3,(H,24,25,26). The third-order valence-electron chi connectivity index (χ3n) is 5.37. The van der Waals surface area contributed by atoms with E-state index in [0.29, 0.717) is 18.0 Å². The van der Waals surface area contributed by atoms with E-state index in [1.54, 1.807) is 6.92 Å². The molecule has 7 nitrogen and oxygen atoms in total. The van der Waals surface area contributed by atoms with E-state index in [2.05, 4.69) is 51.4 Å². The molecule has 1 aromatic carbocycles. The minimum atomic E-state index is -0.306. The van der Waals surface area contributed by atoms with Gasteiger partial charge in [-0.05, 0) is 37.5 Å². The summed E-state index contributed by atoms with van der Waals surface area (Å²) in [6.07, 6.45) is 1.82. The van der Waals surface area contributed by atoms with E-state index in [9.17, 15) is 4.79 Å². The fourth-order valence-electron chi connectivity index (χ4n) is 3.91. The molecule has 0 spiro atoms. The van der Waals surface area contributed by atoms with E-state index in [1.165, 1.54) is 28.8 Å².